The number of carbonyl (C=O) groups excluding carboxylic acids is 2. The first-order valence-electron chi connectivity index (χ1n) is 24.7. The van der Waals surface area contributed by atoms with Gasteiger partial charge in [-0.15, -0.1) is 0 Å². The molecule has 22 nitrogen and oxygen atoms in total. The summed E-state index contributed by atoms with van der Waals surface area (Å²) in [6.45, 7) is 16.1. The van der Waals surface area contributed by atoms with Crippen LogP contribution in [0.2, 0.25) is 0 Å². The van der Waals surface area contributed by atoms with Crippen LogP contribution in [0.25, 0.3) is 33.7 Å². The topological polar surface area (TPSA) is 306 Å². The molecule has 0 radical (unpaired) electrons. The van der Waals surface area contributed by atoms with E-state index < -0.39 is 34.8 Å². The zero-order valence-corrected chi connectivity index (χ0v) is 44.5. The van der Waals surface area contributed by atoms with E-state index in [2.05, 4.69) is 61.4 Å². The van der Waals surface area contributed by atoms with E-state index in [1.54, 1.807) is 21.5 Å². The highest BCUT2D eigenvalue weighted by atomic mass is 19.1. The van der Waals surface area contributed by atoms with E-state index in [1.807, 2.05) is 104 Å². The van der Waals surface area contributed by atoms with Crippen molar-refractivity contribution in [3.8, 4) is 34.4 Å². The van der Waals surface area contributed by atoms with Crippen molar-refractivity contribution in [3.05, 3.63) is 176 Å². The summed E-state index contributed by atoms with van der Waals surface area (Å²) in [4.78, 5) is 70.5. The van der Waals surface area contributed by atoms with Crippen LogP contribution >= 0.6 is 0 Å². The zero-order valence-electron chi connectivity index (χ0n) is 44.5. The Morgan fingerprint density at radius 3 is 1.50 bits per heavy atom. The Morgan fingerprint density at radius 1 is 0.562 bits per heavy atom. The summed E-state index contributed by atoms with van der Waals surface area (Å²) in [5.41, 5.74) is 15.4. The molecule has 4 aromatic carbocycles. The molecular formula is C56H54F2N16O6. The molecule has 0 saturated heterocycles. The number of halogens is 2. The van der Waals surface area contributed by atoms with Gasteiger partial charge in [0.25, 0.3) is 11.1 Å². The number of anilines is 6. The van der Waals surface area contributed by atoms with Gasteiger partial charge in [-0.2, -0.15) is 10.2 Å². The monoisotopic (exact) mass is 1080 g/mol. The standard InChI is InChI=1S/2C28H27FN8O3/c1-15-5-7-16(8-6-15)37-22(14-21(36-37)28(2,3)4)33-27(39)32-19-10-9-17(13-18(19)29)40-20-11-12-31-25-23(20)34-26(38)24(30)35-25;1-15-5-7-16(8-6-15)37-22(14-21(36-37)28(2,3)4)33-27(39)32-19-10-9-17(13-18(19)29)40-20-11-12-31-25-23(20)34-24(30)26(38)35-25/h5-14H,1-4H3,(H,34,38)(H2,30,31,35)(H2,32,33,39);5-14H,1-4H3,(H2,30,34)(H,31,35,38)(H2,32,33,39). The van der Waals surface area contributed by atoms with Crippen molar-refractivity contribution < 1.29 is 27.8 Å². The SMILES string of the molecule is Cc1ccc(-n2nc(C(C)(C)C)cc2NC(=O)Nc2ccc(Oc3ccnc4[nH]c(=O)c(N)nc34)cc2F)cc1.Cc1ccc(-n2nc(C(C)(C)C)cc2NC(=O)Nc2ccc(Oc3ccnc4nc(N)c(=O)[nH]c34)cc2F)cc1. The van der Waals surface area contributed by atoms with Crippen LogP contribution in [0.15, 0.2) is 131 Å². The van der Waals surface area contributed by atoms with Crippen molar-refractivity contribution in [1.82, 2.24) is 49.5 Å². The summed E-state index contributed by atoms with van der Waals surface area (Å²) in [5.74, 6) is -0.403. The van der Waals surface area contributed by atoms with Gasteiger partial charge in [0.05, 0.1) is 34.1 Å². The summed E-state index contributed by atoms with van der Waals surface area (Å²) in [7, 11) is 0. The predicted octanol–water partition coefficient (Wildman–Crippen LogP) is 10.5. The molecule has 0 saturated carbocycles. The third-order valence-electron chi connectivity index (χ3n) is 12.0. The normalized spacial score (nSPS) is 11.4. The zero-order chi connectivity index (χ0) is 57.2. The van der Waals surface area contributed by atoms with Gasteiger partial charge in [-0.05, 0) is 62.4 Å². The highest BCUT2D eigenvalue weighted by molar-refractivity contribution is 6.00. The van der Waals surface area contributed by atoms with E-state index in [0.717, 1.165) is 46.0 Å². The fraction of sp³-hybridized carbons (Fsp3) is 0.179. The molecule has 10 aromatic rings. The van der Waals surface area contributed by atoms with E-state index in [-0.39, 0.29) is 79.2 Å². The van der Waals surface area contributed by atoms with Crippen molar-refractivity contribution in [2.24, 2.45) is 0 Å². The quantitative estimate of drug-likeness (QED) is 0.0632. The van der Waals surface area contributed by atoms with Crippen LogP contribution in [0.4, 0.5) is 53.0 Å². The second-order valence-corrected chi connectivity index (χ2v) is 20.4. The Morgan fingerprint density at radius 2 is 1.01 bits per heavy atom. The van der Waals surface area contributed by atoms with Crippen molar-refractivity contribution in [2.75, 3.05) is 32.7 Å². The number of aromatic nitrogens is 10. The molecule has 24 heteroatoms. The van der Waals surface area contributed by atoms with Crippen LogP contribution in [0.3, 0.4) is 0 Å². The number of aromatic amines is 2. The maximum atomic E-state index is 15.0. The average molecular weight is 1090 g/mol. The lowest BCUT2D eigenvalue weighted by molar-refractivity contribution is 0.261. The highest BCUT2D eigenvalue weighted by Gasteiger charge is 2.24. The number of ether oxygens (including phenoxy) is 2. The second kappa shape index (κ2) is 21.8. The first-order valence-corrected chi connectivity index (χ1v) is 24.7. The van der Waals surface area contributed by atoms with Gasteiger partial charge in [0, 0.05) is 59.6 Å². The third kappa shape index (κ3) is 12.3. The Kier molecular flexibility index (Phi) is 14.8. The van der Waals surface area contributed by atoms with E-state index in [4.69, 9.17) is 20.9 Å². The van der Waals surface area contributed by atoms with Gasteiger partial charge >= 0.3 is 12.1 Å². The summed E-state index contributed by atoms with van der Waals surface area (Å²) >= 11 is 0. The van der Waals surface area contributed by atoms with Crippen molar-refractivity contribution in [2.45, 2.75) is 66.2 Å². The minimum Gasteiger partial charge on any atom is -0.455 e. The number of hydrogen-bond donors (Lipinski definition) is 8. The summed E-state index contributed by atoms with van der Waals surface area (Å²) in [5, 5.41) is 20.0. The van der Waals surface area contributed by atoms with Crippen LogP contribution in [0.1, 0.15) is 64.1 Å². The maximum absolute atomic E-state index is 15.0. The number of aryl methyl sites for hydroxylation is 2. The van der Waals surface area contributed by atoms with E-state index in [9.17, 15) is 28.0 Å². The molecule has 0 aliphatic carbocycles. The molecule has 0 bridgehead atoms. The van der Waals surface area contributed by atoms with Gasteiger partial charge in [-0.3, -0.25) is 20.2 Å². The molecule has 80 heavy (non-hydrogen) atoms. The van der Waals surface area contributed by atoms with Gasteiger partial charge in [0.1, 0.15) is 40.3 Å². The number of nitrogen functional groups attached to an aromatic ring is 2. The van der Waals surface area contributed by atoms with Crippen LogP contribution in [0, 0.1) is 25.5 Å². The molecule has 10 rings (SSSR count). The lowest BCUT2D eigenvalue weighted by atomic mass is 9.92. The molecule has 408 valence electrons. The number of nitrogens with one attached hydrogen (secondary N) is 6. The number of amides is 4. The fourth-order valence-corrected chi connectivity index (χ4v) is 7.68. The van der Waals surface area contributed by atoms with Crippen molar-refractivity contribution in [3.63, 3.8) is 0 Å². The Hall–Kier alpha value is -10.5. The molecule has 0 aliphatic heterocycles. The molecule has 0 spiro atoms. The highest BCUT2D eigenvalue weighted by Crippen LogP contribution is 2.33. The smallest absolute Gasteiger partial charge is 0.324 e. The van der Waals surface area contributed by atoms with Crippen LogP contribution in [0.5, 0.6) is 23.0 Å². The number of nitrogens with two attached hydrogens (primary N) is 2. The Labute approximate surface area is 454 Å². The van der Waals surface area contributed by atoms with E-state index in [1.165, 1.54) is 48.8 Å². The number of urea groups is 2. The van der Waals surface area contributed by atoms with Gasteiger partial charge in [0.2, 0.25) is 0 Å². The van der Waals surface area contributed by atoms with Crippen LogP contribution in [-0.2, 0) is 10.8 Å². The van der Waals surface area contributed by atoms with Gasteiger partial charge in [0.15, 0.2) is 39.9 Å². The lowest BCUT2D eigenvalue weighted by Crippen LogP contribution is -2.22. The largest absolute Gasteiger partial charge is 0.455 e. The van der Waals surface area contributed by atoms with E-state index in [0.29, 0.717) is 11.6 Å². The van der Waals surface area contributed by atoms with Crippen LogP contribution in [-0.4, -0.2) is 61.5 Å². The number of nitrogens with zero attached hydrogens (tertiary/aromatic N) is 8. The first-order chi connectivity index (χ1) is 37.9. The number of rotatable bonds is 10. The predicted molar refractivity (Wildman–Crippen MR) is 301 cm³/mol. The van der Waals surface area contributed by atoms with Gasteiger partial charge < -0.3 is 41.5 Å². The minimum atomic E-state index is -0.732. The summed E-state index contributed by atoms with van der Waals surface area (Å²) in [6.07, 6.45) is 2.83. The molecule has 0 aliphatic rings. The average Bonchev–Trinajstić information content (AvgIpc) is 4.08. The van der Waals surface area contributed by atoms with Gasteiger partial charge in [-0.1, -0.05) is 76.9 Å². The molecule has 0 atom stereocenters. The second-order valence-electron chi connectivity index (χ2n) is 20.4. The Bertz CT molecular complexity index is 4110. The van der Waals surface area contributed by atoms with Crippen molar-refractivity contribution >= 4 is 69.0 Å². The molecular weight excluding hydrogens is 1030 g/mol. The molecule has 4 amide bonds. The summed E-state index contributed by atoms with van der Waals surface area (Å²) < 4.78 is 44.8. The van der Waals surface area contributed by atoms with Crippen LogP contribution < -0.4 is 53.3 Å². The number of fused-ring (bicyclic) bond motifs is 2. The van der Waals surface area contributed by atoms with Gasteiger partial charge in [-0.25, -0.2) is 47.7 Å². The number of pyridine rings is 2. The number of carbonyl (C=O) groups is 2. The lowest BCUT2D eigenvalue weighted by Gasteiger charge is -2.14. The molecule has 6 aromatic heterocycles. The fourth-order valence-electron chi connectivity index (χ4n) is 7.68. The number of hydrogen-bond acceptors (Lipinski definition) is 14. The number of benzene rings is 4. The maximum Gasteiger partial charge on any atom is 0.324 e. The molecule has 0 unspecified atom stereocenters. The number of H-pyrrole nitrogens is 2. The van der Waals surface area contributed by atoms with Crippen molar-refractivity contribution in [1.29, 1.82) is 0 Å². The first kappa shape index (κ1) is 54.3. The van der Waals surface area contributed by atoms with E-state index >= 15 is 0 Å². The third-order valence-corrected chi connectivity index (χ3v) is 12.0. The minimum absolute atomic E-state index is 0.0615. The summed E-state index contributed by atoms with van der Waals surface area (Å²) in [6, 6.07) is 28.6. The molecule has 6 heterocycles. The Balaban J connectivity index is 0.000000194. The molecule has 0 fully saturated rings. The molecule has 10 N–H and O–H groups in total.